The van der Waals surface area contributed by atoms with E-state index in [0.717, 1.165) is 16.5 Å². The van der Waals surface area contributed by atoms with Crippen LogP contribution in [0.3, 0.4) is 0 Å². The SMILES string of the molecule is CC(C)(C)OC(=O)NNCc1c[nH]c2ccccc12. The molecule has 1 aromatic carbocycles. The highest BCUT2D eigenvalue weighted by Crippen LogP contribution is 2.16. The Kier molecular flexibility index (Phi) is 3.76. The number of carbonyl (C=O) groups is 1. The van der Waals surface area contributed by atoms with E-state index in [1.165, 1.54) is 0 Å². The zero-order valence-electron chi connectivity index (χ0n) is 11.4. The predicted octanol–water partition coefficient (Wildman–Crippen LogP) is 2.70. The first kappa shape index (κ1) is 13.4. The smallest absolute Gasteiger partial charge is 0.422 e. The van der Waals surface area contributed by atoms with Crippen molar-refractivity contribution in [2.75, 3.05) is 0 Å². The van der Waals surface area contributed by atoms with Gasteiger partial charge in [0.15, 0.2) is 0 Å². The van der Waals surface area contributed by atoms with Gasteiger partial charge in [-0.2, -0.15) is 0 Å². The second-order valence-corrected chi connectivity index (χ2v) is 5.34. The molecule has 0 atom stereocenters. The molecular formula is C14H19N3O2. The van der Waals surface area contributed by atoms with Gasteiger partial charge in [0.2, 0.25) is 0 Å². The normalized spacial score (nSPS) is 11.5. The lowest BCUT2D eigenvalue weighted by Gasteiger charge is -2.19. The highest BCUT2D eigenvalue weighted by Gasteiger charge is 2.15. The minimum Gasteiger partial charge on any atom is -0.443 e. The van der Waals surface area contributed by atoms with Crippen LogP contribution < -0.4 is 10.9 Å². The molecule has 102 valence electrons. The molecule has 0 aliphatic heterocycles. The van der Waals surface area contributed by atoms with Crippen LogP contribution in [0.5, 0.6) is 0 Å². The first-order valence-electron chi connectivity index (χ1n) is 6.22. The van der Waals surface area contributed by atoms with Gasteiger partial charge in [-0.05, 0) is 32.4 Å². The quantitative estimate of drug-likeness (QED) is 0.744. The molecule has 5 nitrogen and oxygen atoms in total. The van der Waals surface area contributed by atoms with E-state index in [0.29, 0.717) is 6.54 Å². The number of hydrazine groups is 1. The molecule has 0 saturated carbocycles. The average Bonchev–Trinajstić information content (AvgIpc) is 2.70. The van der Waals surface area contributed by atoms with E-state index in [-0.39, 0.29) is 0 Å². The van der Waals surface area contributed by atoms with Gasteiger partial charge in [0.05, 0.1) is 0 Å². The topological polar surface area (TPSA) is 66.2 Å². The van der Waals surface area contributed by atoms with Crippen LogP contribution in [0.1, 0.15) is 26.3 Å². The van der Waals surface area contributed by atoms with Crippen LogP contribution in [0.4, 0.5) is 4.79 Å². The highest BCUT2D eigenvalue weighted by molar-refractivity contribution is 5.83. The first-order valence-corrected chi connectivity index (χ1v) is 6.22. The molecule has 0 spiro atoms. The summed E-state index contributed by atoms with van der Waals surface area (Å²) in [5.74, 6) is 0. The van der Waals surface area contributed by atoms with Crippen LogP contribution in [-0.4, -0.2) is 16.7 Å². The number of nitrogens with one attached hydrogen (secondary N) is 3. The fraction of sp³-hybridized carbons (Fsp3) is 0.357. The summed E-state index contributed by atoms with van der Waals surface area (Å²) in [6.07, 6.45) is 1.45. The third kappa shape index (κ3) is 3.72. The van der Waals surface area contributed by atoms with Crippen molar-refractivity contribution in [1.29, 1.82) is 0 Å². The summed E-state index contributed by atoms with van der Waals surface area (Å²) in [7, 11) is 0. The van der Waals surface area contributed by atoms with Crippen LogP contribution in [0, 0.1) is 0 Å². The fourth-order valence-corrected chi connectivity index (χ4v) is 1.79. The molecule has 0 radical (unpaired) electrons. The van der Waals surface area contributed by atoms with Crippen LogP contribution in [0.2, 0.25) is 0 Å². The fourth-order valence-electron chi connectivity index (χ4n) is 1.79. The summed E-state index contributed by atoms with van der Waals surface area (Å²) in [6, 6.07) is 8.02. The largest absolute Gasteiger partial charge is 0.443 e. The summed E-state index contributed by atoms with van der Waals surface area (Å²) in [5.41, 5.74) is 7.05. The molecule has 3 N–H and O–H groups in total. The molecule has 5 heteroatoms. The van der Waals surface area contributed by atoms with Gasteiger partial charge in [0.25, 0.3) is 0 Å². The predicted molar refractivity (Wildman–Crippen MR) is 74.5 cm³/mol. The molecule has 0 saturated heterocycles. The summed E-state index contributed by atoms with van der Waals surface area (Å²) >= 11 is 0. The third-order valence-electron chi connectivity index (χ3n) is 2.54. The van der Waals surface area contributed by atoms with E-state index in [4.69, 9.17) is 4.74 Å². The number of carbonyl (C=O) groups excluding carboxylic acids is 1. The molecule has 0 unspecified atom stereocenters. The Balaban J connectivity index is 1.88. The third-order valence-corrected chi connectivity index (χ3v) is 2.54. The van der Waals surface area contributed by atoms with Gasteiger partial charge in [-0.15, -0.1) is 0 Å². The number of H-pyrrole nitrogens is 1. The maximum absolute atomic E-state index is 11.4. The molecule has 1 heterocycles. The molecule has 0 fully saturated rings. The van der Waals surface area contributed by atoms with E-state index in [2.05, 4.69) is 15.8 Å². The monoisotopic (exact) mass is 261 g/mol. The van der Waals surface area contributed by atoms with E-state index in [1.807, 2.05) is 51.2 Å². The summed E-state index contributed by atoms with van der Waals surface area (Å²) < 4.78 is 5.12. The molecule has 0 aliphatic rings. The van der Waals surface area contributed by atoms with Gasteiger partial charge in [0, 0.05) is 23.6 Å². The number of hydrogen-bond acceptors (Lipinski definition) is 3. The summed E-state index contributed by atoms with van der Waals surface area (Å²) in [4.78, 5) is 14.6. The van der Waals surface area contributed by atoms with Crippen molar-refractivity contribution in [3.05, 3.63) is 36.0 Å². The Bertz CT molecular complexity index is 569. The number of aromatic amines is 1. The van der Waals surface area contributed by atoms with Crippen molar-refractivity contribution < 1.29 is 9.53 Å². The molecule has 1 aromatic heterocycles. The van der Waals surface area contributed by atoms with Gasteiger partial charge >= 0.3 is 6.09 Å². The van der Waals surface area contributed by atoms with Gasteiger partial charge in [-0.25, -0.2) is 10.2 Å². The number of para-hydroxylation sites is 1. The number of hydrogen-bond donors (Lipinski definition) is 3. The first-order chi connectivity index (χ1) is 8.96. The average molecular weight is 261 g/mol. The van der Waals surface area contributed by atoms with Gasteiger partial charge in [0.1, 0.15) is 5.60 Å². The Morgan fingerprint density at radius 1 is 1.32 bits per heavy atom. The number of rotatable bonds is 3. The maximum Gasteiger partial charge on any atom is 0.422 e. The number of ether oxygens (including phenoxy) is 1. The van der Waals surface area contributed by atoms with E-state index < -0.39 is 11.7 Å². The zero-order chi connectivity index (χ0) is 13.9. The molecule has 19 heavy (non-hydrogen) atoms. The molecule has 1 amide bonds. The van der Waals surface area contributed by atoms with Crippen LogP contribution in [0.15, 0.2) is 30.5 Å². The molecule has 2 aromatic rings. The standard InChI is InChI=1S/C14H19N3O2/c1-14(2,3)19-13(18)17-16-9-10-8-15-12-7-5-4-6-11(10)12/h4-8,15-16H,9H2,1-3H3,(H,17,18). The molecule has 0 aliphatic carbocycles. The number of amides is 1. The second-order valence-electron chi connectivity index (χ2n) is 5.34. The molecule has 0 bridgehead atoms. The minimum atomic E-state index is -0.494. The van der Waals surface area contributed by atoms with Crippen molar-refractivity contribution >= 4 is 17.0 Å². The van der Waals surface area contributed by atoms with Crippen molar-refractivity contribution in [2.45, 2.75) is 32.9 Å². The Hall–Kier alpha value is -2.01. The number of aromatic nitrogens is 1. The lowest BCUT2D eigenvalue weighted by atomic mass is 10.2. The lowest BCUT2D eigenvalue weighted by molar-refractivity contribution is 0.0497. The van der Waals surface area contributed by atoms with Crippen molar-refractivity contribution in [3.8, 4) is 0 Å². The van der Waals surface area contributed by atoms with Crippen molar-refractivity contribution in [1.82, 2.24) is 15.8 Å². The Labute approximate surface area is 112 Å². The van der Waals surface area contributed by atoms with E-state index >= 15 is 0 Å². The van der Waals surface area contributed by atoms with E-state index in [1.54, 1.807) is 0 Å². The van der Waals surface area contributed by atoms with Gasteiger partial charge in [-0.3, -0.25) is 5.43 Å². The molecule has 2 rings (SSSR count). The van der Waals surface area contributed by atoms with Crippen LogP contribution >= 0.6 is 0 Å². The van der Waals surface area contributed by atoms with Crippen molar-refractivity contribution in [3.63, 3.8) is 0 Å². The zero-order valence-corrected chi connectivity index (χ0v) is 11.4. The number of benzene rings is 1. The van der Waals surface area contributed by atoms with Gasteiger partial charge in [-0.1, -0.05) is 18.2 Å². The van der Waals surface area contributed by atoms with Crippen molar-refractivity contribution in [2.24, 2.45) is 0 Å². The maximum atomic E-state index is 11.4. The Morgan fingerprint density at radius 2 is 2.05 bits per heavy atom. The minimum absolute atomic E-state index is 0.479. The Morgan fingerprint density at radius 3 is 2.79 bits per heavy atom. The molecular weight excluding hydrogens is 242 g/mol. The summed E-state index contributed by atoms with van der Waals surface area (Å²) in [5, 5.41) is 1.14. The van der Waals surface area contributed by atoms with Gasteiger partial charge < -0.3 is 9.72 Å². The van der Waals surface area contributed by atoms with Crippen LogP contribution in [0.25, 0.3) is 10.9 Å². The van der Waals surface area contributed by atoms with Crippen LogP contribution in [-0.2, 0) is 11.3 Å². The second kappa shape index (κ2) is 5.32. The number of fused-ring (bicyclic) bond motifs is 1. The van der Waals surface area contributed by atoms with E-state index in [9.17, 15) is 4.79 Å². The lowest BCUT2D eigenvalue weighted by Crippen LogP contribution is -2.40. The summed E-state index contributed by atoms with van der Waals surface area (Å²) in [6.45, 7) is 6.01. The highest BCUT2D eigenvalue weighted by atomic mass is 16.6.